The minimum absolute atomic E-state index is 0.0776. The van der Waals surface area contributed by atoms with Crippen LogP contribution in [-0.4, -0.2) is 17.4 Å². The summed E-state index contributed by atoms with van der Waals surface area (Å²) in [6.45, 7) is 0. The van der Waals surface area contributed by atoms with E-state index in [1.165, 1.54) is 6.08 Å². The lowest BCUT2D eigenvalue weighted by atomic mass is 9.80. The van der Waals surface area contributed by atoms with Crippen molar-refractivity contribution in [1.29, 1.82) is 0 Å². The number of carbonyl (C=O) groups is 2. The topological polar surface area (TPSA) is 69.4 Å². The van der Waals surface area contributed by atoms with E-state index in [1.807, 2.05) is 0 Å². The van der Waals surface area contributed by atoms with E-state index in [4.69, 9.17) is 10.5 Å². The quantitative estimate of drug-likeness (QED) is 0.576. The lowest BCUT2D eigenvalue weighted by molar-refractivity contribution is -0.168. The highest BCUT2D eigenvalue weighted by Crippen LogP contribution is 2.35. The number of rotatable bonds is 0. The van der Waals surface area contributed by atoms with E-state index in [-0.39, 0.29) is 11.5 Å². The molecule has 4 heteroatoms. The van der Waals surface area contributed by atoms with Crippen molar-refractivity contribution < 1.29 is 14.3 Å². The van der Waals surface area contributed by atoms with Crippen molar-refractivity contribution in [1.82, 2.24) is 0 Å². The van der Waals surface area contributed by atoms with Gasteiger partial charge in [-0.2, -0.15) is 0 Å². The molecule has 1 fully saturated rings. The Hall–Kier alpha value is -1.32. The Morgan fingerprint density at radius 3 is 2.50 bits per heavy atom. The second-order valence-corrected chi connectivity index (χ2v) is 3.91. The van der Waals surface area contributed by atoms with Crippen LogP contribution in [0, 0.1) is 0 Å². The molecule has 4 nitrogen and oxygen atoms in total. The van der Waals surface area contributed by atoms with Crippen LogP contribution in [0.25, 0.3) is 0 Å². The molecule has 0 radical (unpaired) electrons. The molecule has 2 aliphatic rings. The Morgan fingerprint density at radius 1 is 1.21 bits per heavy atom. The Kier molecular flexibility index (Phi) is 2.06. The van der Waals surface area contributed by atoms with Crippen molar-refractivity contribution in [2.24, 2.45) is 5.73 Å². The summed E-state index contributed by atoms with van der Waals surface area (Å²) in [7, 11) is 0. The van der Waals surface area contributed by atoms with Gasteiger partial charge >= 0.3 is 5.97 Å². The van der Waals surface area contributed by atoms with E-state index >= 15 is 0 Å². The zero-order chi connectivity index (χ0) is 10.2. The van der Waals surface area contributed by atoms with Crippen LogP contribution in [0.3, 0.4) is 0 Å². The van der Waals surface area contributed by atoms with Gasteiger partial charge in [0.2, 0.25) is 5.78 Å². The molecule has 1 heterocycles. The van der Waals surface area contributed by atoms with Gasteiger partial charge in [-0.15, -0.1) is 0 Å². The van der Waals surface area contributed by atoms with Gasteiger partial charge in [-0.1, -0.05) is 6.42 Å². The van der Waals surface area contributed by atoms with Gasteiger partial charge in [0.15, 0.2) is 5.60 Å². The molecule has 0 atom stereocenters. The van der Waals surface area contributed by atoms with E-state index in [0.29, 0.717) is 12.8 Å². The van der Waals surface area contributed by atoms with Crippen LogP contribution in [-0.2, 0) is 14.3 Å². The maximum Gasteiger partial charge on any atom is 0.355 e. The molecule has 1 spiro atoms. The summed E-state index contributed by atoms with van der Waals surface area (Å²) in [5.74, 6) is -0.694. The van der Waals surface area contributed by atoms with Gasteiger partial charge in [-0.25, -0.2) is 4.79 Å². The predicted octanol–water partition coefficient (Wildman–Crippen LogP) is 0.658. The fourth-order valence-corrected chi connectivity index (χ4v) is 2.09. The number of ketones is 1. The van der Waals surface area contributed by atoms with Crippen LogP contribution in [0.5, 0.6) is 0 Å². The molecule has 0 unspecified atom stereocenters. The van der Waals surface area contributed by atoms with E-state index in [1.54, 1.807) is 0 Å². The molecule has 0 amide bonds. The molecule has 2 N–H and O–H groups in total. The van der Waals surface area contributed by atoms with Crippen molar-refractivity contribution in [3.8, 4) is 0 Å². The second-order valence-electron chi connectivity index (χ2n) is 3.91. The van der Waals surface area contributed by atoms with Crippen LogP contribution in [0.2, 0.25) is 0 Å². The zero-order valence-electron chi connectivity index (χ0n) is 7.91. The SMILES string of the molecule is NC1=CC(=O)C2(CCCCC2)OC1=O. The molecule has 1 aliphatic heterocycles. The van der Waals surface area contributed by atoms with Gasteiger partial charge < -0.3 is 10.5 Å². The first-order valence-corrected chi connectivity index (χ1v) is 4.89. The molecular formula is C10H13NO3. The summed E-state index contributed by atoms with van der Waals surface area (Å²) in [6.07, 6.45) is 5.48. The van der Waals surface area contributed by atoms with E-state index in [2.05, 4.69) is 0 Å². The maximum atomic E-state index is 11.7. The average Bonchev–Trinajstić information content (AvgIpc) is 2.17. The molecule has 1 saturated carbocycles. The van der Waals surface area contributed by atoms with Crippen LogP contribution in [0.15, 0.2) is 11.8 Å². The number of esters is 1. The Bertz CT molecular complexity index is 313. The molecule has 0 aromatic rings. The highest BCUT2D eigenvalue weighted by molar-refractivity contribution is 6.07. The average molecular weight is 195 g/mol. The first kappa shape index (κ1) is 9.24. The monoisotopic (exact) mass is 195 g/mol. The van der Waals surface area contributed by atoms with Crippen LogP contribution in [0.1, 0.15) is 32.1 Å². The summed E-state index contributed by atoms with van der Waals surface area (Å²) in [5, 5.41) is 0. The fourth-order valence-electron chi connectivity index (χ4n) is 2.09. The number of ether oxygens (including phenoxy) is 1. The van der Waals surface area contributed by atoms with Gasteiger partial charge in [0.05, 0.1) is 0 Å². The summed E-state index contributed by atoms with van der Waals surface area (Å²) in [6, 6.07) is 0. The standard InChI is InChI=1S/C10H13NO3/c11-7-6-8(12)10(14-9(7)13)4-2-1-3-5-10/h6H,1-5,11H2. The molecule has 14 heavy (non-hydrogen) atoms. The largest absolute Gasteiger partial charge is 0.446 e. The van der Waals surface area contributed by atoms with Gasteiger partial charge in [-0.3, -0.25) is 4.79 Å². The summed E-state index contributed by atoms with van der Waals surface area (Å²) in [5.41, 5.74) is 4.37. The van der Waals surface area contributed by atoms with Crippen LogP contribution < -0.4 is 5.73 Å². The van der Waals surface area contributed by atoms with Crippen molar-refractivity contribution in [2.45, 2.75) is 37.7 Å². The molecule has 76 valence electrons. The highest BCUT2D eigenvalue weighted by Gasteiger charge is 2.45. The van der Waals surface area contributed by atoms with Crippen molar-refractivity contribution in [3.63, 3.8) is 0 Å². The number of hydrogen-bond acceptors (Lipinski definition) is 4. The van der Waals surface area contributed by atoms with E-state index in [0.717, 1.165) is 19.3 Å². The van der Waals surface area contributed by atoms with Gasteiger partial charge in [-0.05, 0) is 25.7 Å². The normalized spacial score (nSPS) is 25.9. The third-order valence-electron chi connectivity index (χ3n) is 2.92. The minimum atomic E-state index is -0.877. The third-order valence-corrected chi connectivity index (χ3v) is 2.92. The lowest BCUT2D eigenvalue weighted by Crippen LogP contribution is -2.48. The zero-order valence-corrected chi connectivity index (χ0v) is 7.91. The first-order valence-electron chi connectivity index (χ1n) is 4.89. The first-order chi connectivity index (χ1) is 6.64. The number of carbonyl (C=O) groups excluding carboxylic acids is 2. The van der Waals surface area contributed by atoms with E-state index < -0.39 is 11.6 Å². The van der Waals surface area contributed by atoms with Crippen molar-refractivity contribution >= 4 is 11.8 Å². The van der Waals surface area contributed by atoms with Gasteiger partial charge in [0, 0.05) is 6.08 Å². The fraction of sp³-hybridized carbons (Fsp3) is 0.600. The van der Waals surface area contributed by atoms with E-state index in [9.17, 15) is 9.59 Å². The lowest BCUT2D eigenvalue weighted by Gasteiger charge is -2.36. The van der Waals surface area contributed by atoms with Crippen LogP contribution in [0.4, 0.5) is 0 Å². The molecule has 1 aliphatic carbocycles. The van der Waals surface area contributed by atoms with Gasteiger partial charge in [0.1, 0.15) is 5.70 Å². The third kappa shape index (κ3) is 1.31. The molecular weight excluding hydrogens is 182 g/mol. The predicted molar refractivity (Wildman–Crippen MR) is 49.2 cm³/mol. The summed E-state index contributed by atoms with van der Waals surface area (Å²) >= 11 is 0. The minimum Gasteiger partial charge on any atom is -0.446 e. The van der Waals surface area contributed by atoms with Crippen molar-refractivity contribution in [3.05, 3.63) is 11.8 Å². The maximum absolute atomic E-state index is 11.7. The molecule has 0 bridgehead atoms. The Balaban J connectivity index is 2.28. The second kappa shape index (κ2) is 3.12. The van der Waals surface area contributed by atoms with Crippen LogP contribution >= 0.6 is 0 Å². The molecule has 2 rings (SSSR count). The molecule has 0 aromatic heterocycles. The number of hydrogen-bond donors (Lipinski definition) is 1. The Morgan fingerprint density at radius 2 is 1.86 bits per heavy atom. The van der Waals surface area contributed by atoms with Gasteiger partial charge in [0.25, 0.3) is 0 Å². The summed E-state index contributed by atoms with van der Waals surface area (Å²) < 4.78 is 5.16. The number of nitrogens with two attached hydrogens (primary N) is 1. The molecule has 0 saturated heterocycles. The van der Waals surface area contributed by atoms with Crippen molar-refractivity contribution in [2.75, 3.05) is 0 Å². The smallest absolute Gasteiger partial charge is 0.355 e. The Labute approximate surface area is 82.1 Å². The molecule has 0 aromatic carbocycles. The summed E-state index contributed by atoms with van der Waals surface area (Å²) in [4.78, 5) is 22.9. The highest BCUT2D eigenvalue weighted by atomic mass is 16.6.